The fourth-order valence-corrected chi connectivity index (χ4v) is 6.71. The molecule has 4 heterocycles. The van der Waals surface area contributed by atoms with Gasteiger partial charge in [-0.2, -0.15) is 0 Å². The topological polar surface area (TPSA) is 74.8 Å². The predicted molar refractivity (Wildman–Crippen MR) is 144 cm³/mol. The molecule has 40 heavy (non-hydrogen) atoms. The molecule has 3 aliphatic heterocycles. The third-order valence-corrected chi connectivity index (χ3v) is 8.68. The number of nitrogens with zero attached hydrogens (tertiary/aromatic N) is 3. The van der Waals surface area contributed by atoms with E-state index in [9.17, 15) is 18.4 Å². The molecule has 1 N–H and O–H groups in total. The van der Waals surface area contributed by atoms with E-state index in [4.69, 9.17) is 4.74 Å². The number of pyridine rings is 1. The fraction of sp³-hybridized carbons (Fsp3) is 0.323. The van der Waals surface area contributed by atoms with Gasteiger partial charge in [0.25, 0.3) is 0 Å². The Balaban J connectivity index is 1.13. The second-order valence-electron chi connectivity index (χ2n) is 11.0. The van der Waals surface area contributed by atoms with E-state index in [0.717, 1.165) is 28.3 Å². The fourth-order valence-electron chi connectivity index (χ4n) is 6.71. The average molecular weight is 543 g/mol. The van der Waals surface area contributed by atoms with Crippen LogP contribution >= 0.6 is 0 Å². The molecular formula is C31H28F2N4O3. The Bertz CT molecular complexity index is 1540. The largest absolute Gasteiger partial charge is 0.378 e. The summed E-state index contributed by atoms with van der Waals surface area (Å²) in [6.07, 6.45) is 6.78. The van der Waals surface area contributed by atoms with Crippen LogP contribution in [0.4, 0.5) is 14.6 Å². The zero-order valence-electron chi connectivity index (χ0n) is 21.8. The normalized spacial score (nSPS) is 25.8. The predicted octanol–water partition coefficient (Wildman–Crippen LogP) is 3.65. The van der Waals surface area contributed by atoms with Crippen LogP contribution in [0.25, 0.3) is 6.08 Å². The van der Waals surface area contributed by atoms with Crippen LogP contribution in [0.2, 0.25) is 0 Å². The number of carbonyl (C=O) groups is 2. The first-order valence-electron chi connectivity index (χ1n) is 13.5. The van der Waals surface area contributed by atoms with Crippen molar-refractivity contribution in [1.82, 2.24) is 14.8 Å². The van der Waals surface area contributed by atoms with Gasteiger partial charge in [-0.05, 0) is 53.3 Å². The highest BCUT2D eigenvalue weighted by atomic mass is 19.1. The van der Waals surface area contributed by atoms with Crippen molar-refractivity contribution in [2.45, 2.75) is 30.3 Å². The highest BCUT2D eigenvalue weighted by molar-refractivity contribution is 6.06. The zero-order valence-corrected chi connectivity index (χ0v) is 21.8. The summed E-state index contributed by atoms with van der Waals surface area (Å²) in [6, 6.07) is 12.6. The van der Waals surface area contributed by atoms with E-state index in [-0.39, 0.29) is 18.4 Å². The highest BCUT2D eigenvalue weighted by Crippen LogP contribution is 2.46. The Morgan fingerprint density at radius 3 is 2.73 bits per heavy atom. The number of aromatic nitrogens is 1. The van der Waals surface area contributed by atoms with Crippen molar-refractivity contribution in [2.24, 2.45) is 0 Å². The van der Waals surface area contributed by atoms with Crippen LogP contribution in [0.15, 0.2) is 60.8 Å². The smallest absolute Gasteiger partial charge is 0.243 e. The highest BCUT2D eigenvalue weighted by Gasteiger charge is 2.51. The molecule has 2 amide bonds. The molecular weight excluding hydrogens is 514 g/mol. The van der Waals surface area contributed by atoms with Gasteiger partial charge >= 0.3 is 0 Å². The van der Waals surface area contributed by atoms with E-state index in [1.807, 2.05) is 35.3 Å². The van der Waals surface area contributed by atoms with Crippen molar-refractivity contribution >= 4 is 23.7 Å². The molecule has 7 rings (SSSR count). The second-order valence-corrected chi connectivity index (χ2v) is 11.0. The number of anilines is 1. The molecule has 3 aromatic rings. The molecule has 4 aliphatic rings. The number of hydrogen-bond donors (Lipinski definition) is 1. The number of hydrogen-bond acceptors (Lipinski definition) is 5. The zero-order chi connectivity index (χ0) is 27.4. The van der Waals surface area contributed by atoms with Crippen LogP contribution in [0.3, 0.4) is 0 Å². The minimum atomic E-state index is -0.660. The molecule has 1 aromatic heterocycles. The molecule has 7 nitrogen and oxygen atoms in total. The summed E-state index contributed by atoms with van der Waals surface area (Å²) >= 11 is 0. The van der Waals surface area contributed by atoms with Gasteiger partial charge in [-0.3, -0.25) is 14.5 Å². The minimum absolute atomic E-state index is 0.0151. The first-order valence-corrected chi connectivity index (χ1v) is 13.5. The van der Waals surface area contributed by atoms with Gasteiger partial charge < -0.3 is 15.0 Å². The number of nitrogens with one attached hydrogen (secondary N) is 1. The van der Waals surface area contributed by atoms with Gasteiger partial charge in [-0.25, -0.2) is 13.8 Å². The third-order valence-electron chi connectivity index (χ3n) is 8.68. The SMILES string of the molecule is O=C1[C@H]2COCCN2C[C@@H](c2cc(F)cc(F)c2)N1C/C=C/c1ccc2c(c1)C[C@@]1(C2)C(=O)Nc2ncccc21. The molecule has 2 aromatic carbocycles. The van der Waals surface area contributed by atoms with Crippen molar-refractivity contribution in [3.63, 3.8) is 0 Å². The van der Waals surface area contributed by atoms with E-state index in [1.165, 1.54) is 12.1 Å². The van der Waals surface area contributed by atoms with Gasteiger partial charge in [-0.1, -0.05) is 36.4 Å². The van der Waals surface area contributed by atoms with Crippen LogP contribution < -0.4 is 5.32 Å². The number of halogens is 2. The Hall–Kier alpha value is -3.95. The first kappa shape index (κ1) is 25.0. The van der Waals surface area contributed by atoms with Gasteiger partial charge in [0, 0.05) is 37.5 Å². The number of fused-ring (bicyclic) bond motifs is 4. The summed E-state index contributed by atoms with van der Waals surface area (Å²) in [5.41, 5.74) is 3.97. The Kier molecular flexibility index (Phi) is 6.01. The molecule has 1 spiro atoms. The molecule has 1 aliphatic carbocycles. The van der Waals surface area contributed by atoms with Crippen molar-refractivity contribution < 1.29 is 23.1 Å². The molecule has 0 unspecified atom stereocenters. The number of piperazine rings is 1. The summed E-state index contributed by atoms with van der Waals surface area (Å²) in [5, 5.41) is 2.94. The number of benzene rings is 2. The molecule has 3 atom stereocenters. The Morgan fingerprint density at radius 2 is 1.88 bits per heavy atom. The van der Waals surface area contributed by atoms with Crippen LogP contribution in [-0.4, -0.2) is 65.5 Å². The summed E-state index contributed by atoms with van der Waals surface area (Å²) in [4.78, 5) is 34.6. The Morgan fingerprint density at radius 1 is 1.05 bits per heavy atom. The van der Waals surface area contributed by atoms with Crippen LogP contribution in [0.5, 0.6) is 0 Å². The lowest BCUT2D eigenvalue weighted by molar-refractivity contribution is -0.154. The summed E-state index contributed by atoms with van der Waals surface area (Å²) in [7, 11) is 0. The van der Waals surface area contributed by atoms with Crippen LogP contribution in [0, 0.1) is 11.6 Å². The molecule has 9 heteroatoms. The van der Waals surface area contributed by atoms with E-state index in [1.54, 1.807) is 11.1 Å². The molecule has 0 bridgehead atoms. The summed E-state index contributed by atoms with van der Waals surface area (Å²) in [5.74, 6) is -0.805. The van der Waals surface area contributed by atoms with Crippen LogP contribution in [0.1, 0.15) is 33.9 Å². The third kappa shape index (κ3) is 4.12. The van der Waals surface area contributed by atoms with Crippen molar-refractivity contribution in [1.29, 1.82) is 0 Å². The molecule has 2 fully saturated rings. The van der Waals surface area contributed by atoms with E-state index in [0.29, 0.717) is 50.5 Å². The monoisotopic (exact) mass is 542 g/mol. The summed E-state index contributed by atoms with van der Waals surface area (Å²) < 4.78 is 33.8. The number of rotatable bonds is 4. The number of amides is 2. The number of carbonyl (C=O) groups excluding carboxylic acids is 2. The summed E-state index contributed by atoms with van der Waals surface area (Å²) in [6.45, 7) is 2.20. The van der Waals surface area contributed by atoms with Crippen molar-refractivity contribution in [3.8, 4) is 0 Å². The van der Waals surface area contributed by atoms with Gasteiger partial charge in [0.1, 0.15) is 23.5 Å². The van der Waals surface area contributed by atoms with Crippen molar-refractivity contribution in [2.75, 3.05) is 38.2 Å². The lowest BCUT2D eigenvalue weighted by atomic mass is 9.79. The van der Waals surface area contributed by atoms with E-state index >= 15 is 0 Å². The quantitative estimate of drug-likeness (QED) is 0.545. The number of ether oxygens (including phenoxy) is 1. The first-order chi connectivity index (χ1) is 19.4. The lowest BCUT2D eigenvalue weighted by Gasteiger charge is -2.47. The van der Waals surface area contributed by atoms with Crippen LogP contribution in [-0.2, 0) is 32.6 Å². The van der Waals surface area contributed by atoms with E-state index < -0.39 is 29.1 Å². The maximum atomic E-state index is 14.1. The molecule has 0 radical (unpaired) electrons. The molecule has 204 valence electrons. The maximum absolute atomic E-state index is 14.1. The van der Waals surface area contributed by atoms with Gasteiger partial charge in [0.15, 0.2) is 0 Å². The number of morpholine rings is 1. The second kappa shape index (κ2) is 9.60. The molecule has 0 saturated carbocycles. The van der Waals surface area contributed by atoms with Gasteiger partial charge in [0.05, 0.1) is 24.7 Å². The maximum Gasteiger partial charge on any atom is 0.243 e. The van der Waals surface area contributed by atoms with Gasteiger partial charge in [-0.15, -0.1) is 0 Å². The van der Waals surface area contributed by atoms with Gasteiger partial charge in [0.2, 0.25) is 11.8 Å². The lowest BCUT2D eigenvalue weighted by Crippen LogP contribution is -2.62. The standard InChI is InChI=1S/C31H28F2N4O3/c32-23-12-21(13-24(33)14-23)26-17-36-9-10-40-18-27(36)29(38)37(26)8-2-3-19-5-6-20-15-31(16-22(20)11-19)25-4-1-7-34-28(25)35-30(31)39/h1-7,11-14,26-27H,8-10,15-18H2,(H,34,35,39)/b3-2+/t26-,27+,31+/m0/s1. The Labute approximate surface area is 230 Å². The molecule has 2 saturated heterocycles. The average Bonchev–Trinajstić information content (AvgIpc) is 3.46. The minimum Gasteiger partial charge on any atom is -0.378 e. The van der Waals surface area contributed by atoms with Crippen molar-refractivity contribution in [3.05, 3.63) is 100 Å². The van der Waals surface area contributed by atoms with E-state index in [2.05, 4.69) is 22.4 Å².